The Hall–Kier alpha value is -5.43. The maximum absolute atomic E-state index is 13.4. The molecule has 1 aromatic carbocycles. The molecule has 3 aromatic rings. The number of aromatic nitrogens is 3. The Bertz CT molecular complexity index is 1750. The standard InChI is InChI=1S/C27H26N8O9S2/c28-17-4-7-34(12-30-17)6-1-5-27(25(42)43)10-35-22(39)19(23(35)46-11-27)32-21(38)18(14-9-45-26(29)31-14)33-44-20(24(40)41)13-2-3-15(36)16(37)8-13/h1-5,7-9,12,19-20,23,28H,6,10-11H2,(H7,29,31,32,33,36,37,38,40,41,42,43)/p+1/t19?,20?,23-,27?/m1/s1. The number of thioether (sulfide) groups is 1. The molecule has 0 saturated carbocycles. The molecule has 9 N–H and O–H groups in total. The molecule has 0 radical (unpaired) electrons. The van der Waals surface area contributed by atoms with Crippen molar-refractivity contribution < 1.29 is 49.0 Å². The zero-order valence-corrected chi connectivity index (χ0v) is 25.2. The van der Waals surface area contributed by atoms with Crippen molar-refractivity contribution in [2.24, 2.45) is 10.6 Å². The second-order valence-corrected chi connectivity index (χ2v) is 12.2. The normalized spacial score (nSPS) is 21.7. The predicted octanol–water partition coefficient (Wildman–Crippen LogP) is -0.325. The first kappa shape index (κ1) is 32.0. The number of nitrogens with two attached hydrogens (primary N) is 2. The van der Waals surface area contributed by atoms with E-state index < -0.39 is 63.9 Å². The van der Waals surface area contributed by atoms with Gasteiger partial charge in [-0.15, -0.1) is 23.1 Å². The first-order chi connectivity index (χ1) is 21.9. The maximum atomic E-state index is 13.4. The molecule has 2 aliphatic heterocycles. The molecule has 2 aliphatic rings. The number of carbonyl (C=O) groups excluding carboxylic acids is 2. The van der Waals surface area contributed by atoms with Gasteiger partial charge in [-0.3, -0.25) is 14.4 Å². The highest BCUT2D eigenvalue weighted by Gasteiger charge is 2.57. The van der Waals surface area contributed by atoms with Crippen LogP contribution in [-0.2, 0) is 30.6 Å². The Labute approximate surface area is 267 Å². The number of carbonyl (C=O) groups is 4. The number of hydrogen-bond acceptors (Lipinski definition) is 14. The topological polar surface area (TPSA) is 268 Å². The number of hydrogen-bond donors (Lipinski definition) is 7. The van der Waals surface area contributed by atoms with Gasteiger partial charge < -0.3 is 46.9 Å². The summed E-state index contributed by atoms with van der Waals surface area (Å²) >= 11 is 2.16. The average molecular weight is 672 g/mol. The second-order valence-electron chi connectivity index (χ2n) is 10.2. The van der Waals surface area contributed by atoms with Crippen molar-refractivity contribution in [3.05, 3.63) is 65.6 Å². The lowest BCUT2D eigenvalue weighted by molar-refractivity contribution is -0.689. The van der Waals surface area contributed by atoms with Gasteiger partial charge in [-0.2, -0.15) is 0 Å². The van der Waals surface area contributed by atoms with Crippen molar-refractivity contribution in [1.29, 1.82) is 0 Å². The lowest BCUT2D eigenvalue weighted by Gasteiger charge is -2.53. The Morgan fingerprint density at radius 1 is 1.24 bits per heavy atom. The van der Waals surface area contributed by atoms with E-state index in [1.54, 1.807) is 29.0 Å². The lowest BCUT2D eigenvalue weighted by Crippen LogP contribution is -2.73. The molecule has 0 aliphatic carbocycles. The molecule has 2 amide bonds. The van der Waals surface area contributed by atoms with Crippen LogP contribution in [0.3, 0.4) is 0 Å². The summed E-state index contributed by atoms with van der Waals surface area (Å²) in [7, 11) is 0. The van der Waals surface area contributed by atoms with Crippen LogP contribution in [0.25, 0.3) is 0 Å². The molecular formula is C27H27N8O9S2+. The number of nitrogens with zero attached hydrogens (tertiary/aromatic N) is 5. The molecule has 2 fully saturated rings. The number of oxime groups is 1. The molecule has 2 aromatic heterocycles. The summed E-state index contributed by atoms with van der Waals surface area (Å²) in [5.41, 5.74) is 9.32. The summed E-state index contributed by atoms with van der Waals surface area (Å²) < 4.78 is 1.70. The predicted molar refractivity (Wildman–Crippen MR) is 162 cm³/mol. The molecule has 3 unspecified atom stereocenters. The number of fused-ring (bicyclic) bond motifs is 1. The Balaban J connectivity index is 1.30. The van der Waals surface area contributed by atoms with E-state index in [2.05, 4.69) is 20.4 Å². The number of carboxylic acid groups (broad SMARTS) is 2. The van der Waals surface area contributed by atoms with Gasteiger partial charge in [0.05, 0.1) is 6.20 Å². The van der Waals surface area contributed by atoms with Crippen LogP contribution < -0.4 is 21.4 Å². The first-order valence-electron chi connectivity index (χ1n) is 13.3. The number of allylic oxidation sites excluding steroid dienone is 1. The van der Waals surface area contributed by atoms with Gasteiger partial charge >= 0.3 is 11.9 Å². The van der Waals surface area contributed by atoms with Crippen LogP contribution in [0.2, 0.25) is 0 Å². The molecule has 0 spiro atoms. The van der Waals surface area contributed by atoms with E-state index in [1.807, 2.05) is 0 Å². The number of phenols is 2. The number of aromatic hydroxyl groups is 2. The fourth-order valence-electron chi connectivity index (χ4n) is 4.67. The average Bonchev–Trinajstić information content (AvgIpc) is 3.45. The van der Waals surface area contributed by atoms with Crippen LogP contribution in [0.1, 0.15) is 17.4 Å². The van der Waals surface area contributed by atoms with E-state index in [4.69, 9.17) is 16.3 Å². The molecular weight excluding hydrogens is 644 g/mol. The number of aliphatic carboxylic acids is 2. The van der Waals surface area contributed by atoms with Crippen molar-refractivity contribution in [1.82, 2.24) is 20.2 Å². The van der Waals surface area contributed by atoms with Crippen LogP contribution in [0.15, 0.2) is 59.5 Å². The van der Waals surface area contributed by atoms with Gasteiger partial charge in [0.15, 0.2) is 22.3 Å². The minimum atomic E-state index is -1.80. The lowest BCUT2D eigenvalue weighted by atomic mass is 9.86. The molecule has 240 valence electrons. The van der Waals surface area contributed by atoms with Crippen molar-refractivity contribution in [3.8, 4) is 11.5 Å². The molecule has 4 heterocycles. The summed E-state index contributed by atoms with van der Waals surface area (Å²) in [5, 5.41) is 46.3. The first-order valence-corrected chi connectivity index (χ1v) is 15.3. The van der Waals surface area contributed by atoms with Crippen molar-refractivity contribution >= 4 is 63.5 Å². The monoisotopic (exact) mass is 671 g/mol. The third-order valence-corrected chi connectivity index (χ3v) is 9.34. The highest BCUT2D eigenvalue weighted by atomic mass is 32.2. The van der Waals surface area contributed by atoms with E-state index in [1.165, 1.54) is 34.4 Å². The smallest absolute Gasteiger partial charge is 0.352 e. The number of nitrogen functional groups attached to an aromatic ring is 2. The van der Waals surface area contributed by atoms with Crippen LogP contribution in [-0.4, -0.2) is 88.5 Å². The number of amides is 2. The van der Waals surface area contributed by atoms with Crippen LogP contribution in [0.4, 0.5) is 10.9 Å². The summed E-state index contributed by atoms with van der Waals surface area (Å²) in [6.45, 7) is 0.198. The molecule has 46 heavy (non-hydrogen) atoms. The molecule has 19 heteroatoms. The Morgan fingerprint density at radius 3 is 2.65 bits per heavy atom. The minimum Gasteiger partial charge on any atom is -0.504 e. The van der Waals surface area contributed by atoms with Crippen LogP contribution in [0.5, 0.6) is 11.5 Å². The summed E-state index contributed by atoms with van der Waals surface area (Å²) in [6.07, 6.45) is 4.62. The molecule has 17 nitrogen and oxygen atoms in total. The summed E-state index contributed by atoms with van der Waals surface area (Å²) in [5.74, 6) is -4.71. The molecule has 5 rings (SSSR count). The van der Waals surface area contributed by atoms with Gasteiger partial charge in [-0.05, 0) is 23.2 Å². The van der Waals surface area contributed by atoms with Crippen molar-refractivity contribution in [2.45, 2.75) is 24.1 Å². The van der Waals surface area contributed by atoms with Crippen molar-refractivity contribution in [3.63, 3.8) is 0 Å². The van der Waals surface area contributed by atoms with Gasteiger partial charge in [0.25, 0.3) is 12.2 Å². The van der Waals surface area contributed by atoms with E-state index >= 15 is 0 Å². The van der Waals surface area contributed by atoms with E-state index in [-0.39, 0.29) is 28.7 Å². The van der Waals surface area contributed by atoms with Gasteiger partial charge in [0.1, 0.15) is 29.1 Å². The highest BCUT2D eigenvalue weighted by Crippen LogP contribution is 2.43. The van der Waals surface area contributed by atoms with Gasteiger partial charge in [-0.25, -0.2) is 14.3 Å². The minimum absolute atomic E-state index is 0.0539. The second kappa shape index (κ2) is 12.9. The zero-order chi connectivity index (χ0) is 33.2. The van der Waals surface area contributed by atoms with Crippen LogP contribution in [0, 0.1) is 5.41 Å². The number of nitrogens with one attached hydrogen (secondary N) is 1. The Morgan fingerprint density at radius 2 is 2.02 bits per heavy atom. The van der Waals surface area contributed by atoms with E-state index in [0.29, 0.717) is 12.4 Å². The van der Waals surface area contributed by atoms with Crippen molar-refractivity contribution in [2.75, 3.05) is 23.8 Å². The van der Waals surface area contributed by atoms with Gasteiger partial charge in [0.2, 0.25) is 17.8 Å². The van der Waals surface area contributed by atoms with E-state index in [9.17, 15) is 39.6 Å². The van der Waals surface area contributed by atoms with Crippen LogP contribution >= 0.6 is 23.1 Å². The number of thiazole rings is 1. The number of carboxylic acids is 2. The summed E-state index contributed by atoms with van der Waals surface area (Å²) in [4.78, 5) is 65.4. The third-order valence-electron chi connectivity index (χ3n) is 7.12. The largest absolute Gasteiger partial charge is 0.504 e. The van der Waals surface area contributed by atoms with Gasteiger partial charge in [-0.1, -0.05) is 17.3 Å². The number of phenolic OH excluding ortho intramolecular Hbond substituents is 2. The zero-order valence-electron chi connectivity index (χ0n) is 23.6. The number of rotatable bonds is 11. The number of anilines is 2. The summed E-state index contributed by atoms with van der Waals surface area (Å²) in [6, 6.07) is 3.77. The molecule has 0 bridgehead atoms. The van der Waals surface area contributed by atoms with E-state index in [0.717, 1.165) is 23.5 Å². The maximum Gasteiger partial charge on any atom is 0.352 e. The molecule has 2 saturated heterocycles. The molecule has 4 atom stereocenters. The third kappa shape index (κ3) is 6.49. The SMILES string of the molecule is Nc1cc[n+](CC=CC2(C(=O)O)CS[C@@H]3C(NC(=O)C(=NOC(C(=O)O)c4ccc(O)c(O)c4)c4csc(N)n4)C(=O)N3C2)cn1. The Kier molecular flexibility index (Phi) is 8.96. The number of β-lactam (4-membered cyclic amide) rings is 1. The fourth-order valence-corrected chi connectivity index (χ4v) is 6.73. The van der Waals surface area contributed by atoms with Gasteiger partial charge in [0, 0.05) is 29.3 Å². The fraction of sp³-hybridized carbons (Fsp3) is 0.259. The number of benzene rings is 1. The quantitative estimate of drug-likeness (QED) is 0.0344. The highest BCUT2D eigenvalue weighted by molar-refractivity contribution is 8.00.